The Morgan fingerprint density at radius 1 is 0.931 bits per heavy atom. The fraction of sp³-hybridized carbons (Fsp3) is 0.455. The van der Waals surface area contributed by atoms with Crippen molar-refractivity contribution in [1.82, 2.24) is 0 Å². The minimum atomic E-state index is -4.47. The maximum atomic E-state index is 11.6. The van der Waals surface area contributed by atoms with E-state index in [1.165, 1.54) is 44.9 Å². The molecule has 2 aromatic rings. The van der Waals surface area contributed by atoms with Crippen molar-refractivity contribution >= 4 is 10.1 Å². The molecular weight excluding hydrogens is 399 g/mol. The monoisotopic (exact) mass is 428 g/mol. The van der Waals surface area contributed by atoms with Gasteiger partial charge in [0.2, 0.25) is 0 Å². The van der Waals surface area contributed by atoms with Crippen LogP contribution in [0, 0.1) is 0 Å². The first-order valence-corrected chi connectivity index (χ1v) is 11.4. The van der Waals surface area contributed by atoms with Gasteiger partial charge >= 0.3 is 29.6 Å². The second-order valence-electron chi connectivity index (χ2n) is 7.06. The van der Waals surface area contributed by atoms with Crippen molar-refractivity contribution in [3.8, 4) is 17.2 Å². The first-order chi connectivity index (χ1) is 13.4. The molecule has 0 aliphatic rings. The third kappa shape index (κ3) is 9.53. The number of hydrogen-bond donors (Lipinski definition) is 1. The van der Waals surface area contributed by atoms with Gasteiger partial charge in [-0.1, -0.05) is 70.1 Å². The van der Waals surface area contributed by atoms with Gasteiger partial charge in [-0.2, -0.15) is 8.42 Å². The molecule has 0 aromatic heterocycles. The summed E-state index contributed by atoms with van der Waals surface area (Å²) >= 11 is 0. The van der Waals surface area contributed by atoms with E-state index in [1.807, 2.05) is 18.2 Å². The molecule has 29 heavy (non-hydrogen) atoms. The molecule has 0 amide bonds. The smallest absolute Gasteiger partial charge is 0.872 e. The molecule has 0 atom stereocenters. The molecule has 2 aromatic carbocycles. The molecule has 0 aliphatic carbocycles. The van der Waals surface area contributed by atoms with Gasteiger partial charge in [-0.15, -0.1) is 5.75 Å². The zero-order valence-corrected chi connectivity index (χ0v) is 20.2. The van der Waals surface area contributed by atoms with Crippen LogP contribution in [0.2, 0.25) is 0 Å². The summed E-state index contributed by atoms with van der Waals surface area (Å²) in [6, 6.07) is 10.6. The minimum absolute atomic E-state index is 0. The van der Waals surface area contributed by atoms with Gasteiger partial charge in [0.05, 0.1) is 0 Å². The van der Waals surface area contributed by atoms with Crippen molar-refractivity contribution in [2.45, 2.75) is 69.6 Å². The van der Waals surface area contributed by atoms with Crippen molar-refractivity contribution in [2.24, 2.45) is 0 Å². The molecule has 1 N–H and O–H groups in total. The molecule has 0 aliphatic heterocycles. The Morgan fingerprint density at radius 2 is 1.59 bits per heavy atom. The zero-order chi connectivity index (χ0) is 20.4. The molecule has 0 radical (unpaired) electrons. The van der Waals surface area contributed by atoms with Gasteiger partial charge in [-0.05, 0) is 42.7 Å². The quantitative estimate of drug-likeness (QED) is 0.319. The molecule has 5 nitrogen and oxygen atoms in total. The molecule has 0 bridgehead atoms. The fourth-order valence-electron chi connectivity index (χ4n) is 3.14. The van der Waals surface area contributed by atoms with Crippen LogP contribution in [0.25, 0.3) is 0 Å². The second kappa shape index (κ2) is 13.3. The molecule has 2 rings (SSSR count). The number of unbranched alkanes of at least 4 members (excludes halogenated alkanes) is 7. The molecule has 0 fully saturated rings. The van der Waals surface area contributed by atoms with E-state index < -0.39 is 20.8 Å². The summed E-state index contributed by atoms with van der Waals surface area (Å²) in [7, 11) is -4.47. The number of benzene rings is 2. The van der Waals surface area contributed by atoms with Gasteiger partial charge in [0, 0.05) is 0 Å². The second-order valence-corrected chi connectivity index (χ2v) is 8.45. The van der Waals surface area contributed by atoms with E-state index in [4.69, 9.17) is 4.74 Å². The molecule has 154 valence electrons. The Morgan fingerprint density at radius 3 is 2.24 bits per heavy atom. The Balaban J connectivity index is 0.00000420. The van der Waals surface area contributed by atoms with E-state index in [0.717, 1.165) is 36.6 Å². The molecule has 0 spiro atoms. The third-order valence-electron chi connectivity index (χ3n) is 4.64. The normalized spacial score (nSPS) is 11.1. The van der Waals surface area contributed by atoms with Gasteiger partial charge in [-0.25, -0.2) is 0 Å². The van der Waals surface area contributed by atoms with E-state index in [2.05, 4.69) is 6.92 Å². The first kappa shape index (κ1) is 26.0. The number of hydrogen-bond acceptors (Lipinski definition) is 4. The van der Waals surface area contributed by atoms with Gasteiger partial charge in [0.15, 0.2) is 0 Å². The van der Waals surface area contributed by atoms with Crippen molar-refractivity contribution in [1.29, 1.82) is 0 Å². The molecule has 0 saturated carbocycles. The predicted octanol–water partition coefficient (Wildman–Crippen LogP) is 2.49. The van der Waals surface area contributed by atoms with Crippen molar-refractivity contribution < 1.29 is 52.4 Å². The van der Waals surface area contributed by atoms with E-state index >= 15 is 0 Å². The third-order valence-corrected chi connectivity index (χ3v) is 5.53. The van der Waals surface area contributed by atoms with Gasteiger partial charge in [-0.3, -0.25) is 4.55 Å². The maximum Gasteiger partial charge on any atom is 1.00 e. The summed E-state index contributed by atoms with van der Waals surface area (Å²) < 4.78 is 37.9. The average molecular weight is 429 g/mol. The number of rotatable bonds is 12. The predicted molar refractivity (Wildman–Crippen MR) is 109 cm³/mol. The summed E-state index contributed by atoms with van der Waals surface area (Å²) in [5.74, 6) is -0.121. The van der Waals surface area contributed by atoms with Crippen molar-refractivity contribution in [3.05, 3.63) is 48.0 Å². The van der Waals surface area contributed by atoms with Crippen molar-refractivity contribution in [3.63, 3.8) is 0 Å². The van der Waals surface area contributed by atoms with Crippen LogP contribution in [0.15, 0.2) is 47.4 Å². The Labute approximate surface area is 196 Å². The van der Waals surface area contributed by atoms with Crippen LogP contribution in [0.4, 0.5) is 0 Å². The standard InChI is InChI=1S/C22H30O5S.Na/c1-2-3-4-5-6-7-8-9-11-18-12-10-13-20(16-18)27-21-17-19(23)14-15-22(21)28(24,25)26;/h10,12-17,23H,2-9,11H2,1H3,(H,24,25,26);/q;+1/p-1. The first-order valence-electron chi connectivity index (χ1n) is 9.95. The van der Waals surface area contributed by atoms with Gasteiger partial charge in [0.25, 0.3) is 10.1 Å². The van der Waals surface area contributed by atoms with E-state index in [9.17, 15) is 18.1 Å². The summed E-state index contributed by atoms with van der Waals surface area (Å²) in [4.78, 5) is -0.416. The molecular formula is C22H29NaO5S. The number of aryl methyl sites for hydroxylation is 1. The summed E-state index contributed by atoms with van der Waals surface area (Å²) in [6.45, 7) is 2.22. The SMILES string of the molecule is CCCCCCCCCCc1cccc(Oc2cc([O-])ccc2S(=O)(=O)O)c1.[Na+]. The average Bonchev–Trinajstić information content (AvgIpc) is 2.63. The van der Waals surface area contributed by atoms with Crippen LogP contribution in [0.1, 0.15) is 63.9 Å². The Kier molecular flexibility index (Phi) is 11.9. The molecule has 0 saturated heterocycles. The van der Waals surface area contributed by atoms with Crippen LogP contribution < -0.4 is 39.4 Å². The van der Waals surface area contributed by atoms with E-state index in [0.29, 0.717) is 5.75 Å². The maximum absolute atomic E-state index is 11.6. The van der Waals surface area contributed by atoms with E-state index in [-0.39, 0.29) is 35.3 Å². The molecule has 0 unspecified atom stereocenters. The van der Waals surface area contributed by atoms with E-state index in [1.54, 1.807) is 6.07 Å². The summed E-state index contributed by atoms with van der Waals surface area (Å²) in [5, 5.41) is 11.6. The van der Waals surface area contributed by atoms with Crippen LogP contribution >= 0.6 is 0 Å². The zero-order valence-electron chi connectivity index (χ0n) is 17.4. The van der Waals surface area contributed by atoms with Crippen LogP contribution in [0.5, 0.6) is 17.2 Å². The van der Waals surface area contributed by atoms with Crippen LogP contribution in [-0.4, -0.2) is 13.0 Å². The van der Waals surface area contributed by atoms with Crippen LogP contribution in [0.3, 0.4) is 0 Å². The minimum Gasteiger partial charge on any atom is -0.872 e. The van der Waals surface area contributed by atoms with Gasteiger partial charge in [0.1, 0.15) is 16.4 Å². The Bertz CT molecular complexity index is 852. The molecule has 0 heterocycles. The molecule has 7 heteroatoms. The van der Waals surface area contributed by atoms with Gasteiger partial charge < -0.3 is 9.84 Å². The largest absolute Gasteiger partial charge is 1.00 e. The fourth-order valence-corrected chi connectivity index (χ4v) is 3.73. The number of ether oxygens (including phenoxy) is 1. The van der Waals surface area contributed by atoms with Crippen molar-refractivity contribution in [2.75, 3.05) is 0 Å². The summed E-state index contributed by atoms with van der Waals surface area (Å²) in [6.07, 6.45) is 10.9. The Hall–Kier alpha value is -1.05. The van der Waals surface area contributed by atoms with Crippen LogP contribution in [-0.2, 0) is 16.5 Å². The topological polar surface area (TPSA) is 86.7 Å². The summed E-state index contributed by atoms with van der Waals surface area (Å²) in [5.41, 5.74) is 1.09.